The van der Waals surface area contributed by atoms with Gasteiger partial charge in [0, 0.05) is 43.6 Å². The number of carboxylic acid groups (broad SMARTS) is 1. The van der Waals surface area contributed by atoms with Gasteiger partial charge in [-0.25, -0.2) is 14.8 Å². The van der Waals surface area contributed by atoms with Crippen molar-refractivity contribution in [2.75, 3.05) is 38.6 Å². The first-order valence-corrected chi connectivity index (χ1v) is 9.57. The molecule has 1 atom stereocenters. The van der Waals surface area contributed by atoms with Crippen LogP contribution in [-0.4, -0.2) is 64.2 Å². The monoisotopic (exact) mass is 371 g/mol. The molecule has 2 aromatic heterocycles. The molecule has 0 aliphatic carbocycles. The zero-order valence-corrected chi connectivity index (χ0v) is 16.4. The summed E-state index contributed by atoms with van der Waals surface area (Å²) in [5.41, 5.74) is 1.11. The van der Waals surface area contributed by atoms with E-state index in [9.17, 15) is 9.90 Å². The average Bonchev–Trinajstić information content (AvgIpc) is 3.09. The molecule has 146 valence electrons. The Morgan fingerprint density at radius 1 is 1.37 bits per heavy atom. The number of aromatic nitrogens is 3. The second-order valence-corrected chi connectivity index (χ2v) is 7.55. The maximum atomic E-state index is 11.6. The predicted molar refractivity (Wildman–Crippen MR) is 106 cm³/mol. The van der Waals surface area contributed by atoms with Gasteiger partial charge < -0.3 is 19.5 Å². The number of nitrogens with zero attached hydrogens (tertiary/aromatic N) is 5. The van der Waals surface area contributed by atoms with Gasteiger partial charge in [0.15, 0.2) is 0 Å². The largest absolute Gasteiger partial charge is 0.478 e. The van der Waals surface area contributed by atoms with Gasteiger partial charge in [-0.2, -0.15) is 0 Å². The molecule has 1 aliphatic rings. The van der Waals surface area contributed by atoms with Crippen molar-refractivity contribution in [2.45, 2.75) is 38.6 Å². The number of carbonyl (C=O) groups is 1. The number of pyridine rings is 1. The summed E-state index contributed by atoms with van der Waals surface area (Å²) in [6.45, 7) is 5.47. The Labute approximate surface area is 160 Å². The Hall–Kier alpha value is -2.41. The smallest absolute Gasteiger partial charge is 0.339 e. The Bertz CT molecular complexity index is 786. The fraction of sp³-hybridized carbons (Fsp3) is 0.550. The zero-order chi connectivity index (χ0) is 19.4. The minimum absolute atomic E-state index is 0.274. The van der Waals surface area contributed by atoms with Crippen LogP contribution in [0.25, 0.3) is 0 Å². The first-order chi connectivity index (χ1) is 13.0. The first kappa shape index (κ1) is 19.4. The predicted octanol–water partition coefficient (Wildman–Crippen LogP) is 2.62. The van der Waals surface area contributed by atoms with Crippen LogP contribution in [-0.2, 0) is 6.54 Å². The minimum atomic E-state index is -0.926. The quantitative estimate of drug-likeness (QED) is 0.806. The van der Waals surface area contributed by atoms with Crippen LogP contribution in [0.1, 0.15) is 47.1 Å². The van der Waals surface area contributed by atoms with Crippen molar-refractivity contribution in [3.05, 3.63) is 41.6 Å². The van der Waals surface area contributed by atoms with E-state index in [1.54, 1.807) is 12.1 Å². The number of imidazole rings is 1. The maximum absolute atomic E-state index is 11.6. The van der Waals surface area contributed by atoms with E-state index in [0.29, 0.717) is 5.82 Å². The van der Waals surface area contributed by atoms with Crippen molar-refractivity contribution >= 4 is 11.8 Å². The highest BCUT2D eigenvalue weighted by Crippen LogP contribution is 2.30. The van der Waals surface area contributed by atoms with Gasteiger partial charge in [0.2, 0.25) is 0 Å². The van der Waals surface area contributed by atoms with Crippen LogP contribution in [0.4, 0.5) is 5.82 Å². The number of carboxylic acids is 1. The molecule has 1 saturated heterocycles. The molecule has 3 rings (SSSR count). The normalized spacial score (nSPS) is 17.5. The van der Waals surface area contributed by atoms with Crippen LogP contribution in [0.2, 0.25) is 0 Å². The molecular formula is C20H29N5O2. The number of hydrogen-bond acceptors (Lipinski definition) is 5. The molecule has 1 fully saturated rings. The lowest BCUT2D eigenvalue weighted by Crippen LogP contribution is -2.37. The fourth-order valence-electron chi connectivity index (χ4n) is 3.76. The second kappa shape index (κ2) is 8.52. The fourth-order valence-corrected chi connectivity index (χ4v) is 3.76. The van der Waals surface area contributed by atoms with E-state index in [0.717, 1.165) is 57.0 Å². The van der Waals surface area contributed by atoms with E-state index in [-0.39, 0.29) is 11.5 Å². The van der Waals surface area contributed by atoms with Crippen LogP contribution in [0.5, 0.6) is 0 Å². The number of hydrogen-bond donors (Lipinski definition) is 1. The van der Waals surface area contributed by atoms with Gasteiger partial charge in [-0.3, -0.25) is 0 Å². The lowest BCUT2D eigenvalue weighted by atomic mass is 9.96. The van der Waals surface area contributed by atoms with Gasteiger partial charge in [0.05, 0.1) is 0 Å². The molecule has 1 aliphatic heterocycles. The lowest BCUT2D eigenvalue weighted by Gasteiger charge is -2.34. The molecule has 0 spiro atoms. The van der Waals surface area contributed by atoms with Gasteiger partial charge in [0.25, 0.3) is 0 Å². The van der Waals surface area contributed by atoms with Crippen molar-refractivity contribution in [3.63, 3.8) is 0 Å². The summed E-state index contributed by atoms with van der Waals surface area (Å²) in [5, 5.41) is 9.54. The third-order valence-electron chi connectivity index (χ3n) is 5.08. The second-order valence-electron chi connectivity index (χ2n) is 7.55. The third-order valence-corrected chi connectivity index (χ3v) is 5.08. The number of rotatable bonds is 7. The SMILES string of the molecule is Cc1ccc(C(=O)O)c(N2CCC[C@H](c3nccn3CCCN(C)C)C2)n1. The Kier molecular flexibility index (Phi) is 6.11. The van der Waals surface area contributed by atoms with E-state index in [1.807, 2.05) is 13.1 Å². The Morgan fingerprint density at radius 2 is 2.19 bits per heavy atom. The summed E-state index contributed by atoms with van der Waals surface area (Å²) in [4.78, 5) is 25.1. The summed E-state index contributed by atoms with van der Waals surface area (Å²) in [5.74, 6) is 1.04. The topological polar surface area (TPSA) is 74.5 Å². The number of aryl methyl sites for hydroxylation is 2. The first-order valence-electron chi connectivity index (χ1n) is 9.57. The zero-order valence-electron chi connectivity index (χ0n) is 16.4. The lowest BCUT2D eigenvalue weighted by molar-refractivity contribution is 0.0697. The molecular weight excluding hydrogens is 342 g/mol. The van der Waals surface area contributed by atoms with E-state index in [4.69, 9.17) is 0 Å². The van der Waals surface area contributed by atoms with Crippen molar-refractivity contribution < 1.29 is 9.90 Å². The molecule has 0 amide bonds. The number of aromatic carboxylic acids is 1. The van der Waals surface area contributed by atoms with Gasteiger partial charge in [-0.1, -0.05) is 0 Å². The van der Waals surface area contributed by atoms with Crippen LogP contribution in [0.15, 0.2) is 24.5 Å². The highest BCUT2D eigenvalue weighted by atomic mass is 16.4. The highest BCUT2D eigenvalue weighted by molar-refractivity contribution is 5.93. The average molecular weight is 371 g/mol. The van der Waals surface area contributed by atoms with E-state index in [2.05, 4.69) is 44.6 Å². The highest BCUT2D eigenvalue weighted by Gasteiger charge is 2.28. The summed E-state index contributed by atoms with van der Waals surface area (Å²) in [6, 6.07) is 3.41. The number of piperidine rings is 1. The molecule has 2 aromatic rings. The molecule has 0 bridgehead atoms. The van der Waals surface area contributed by atoms with Crippen molar-refractivity contribution in [1.82, 2.24) is 19.4 Å². The third kappa shape index (κ3) is 4.66. The molecule has 1 N–H and O–H groups in total. The molecule has 3 heterocycles. The molecule has 0 aromatic carbocycles. The van der Waals surface area contributed by atoms with Crippen LogP contribution < -0.4 is 4.90 Å². The van der Waals surface area contributed by atoms with Gasteiger partial charge in [0.1, 0.15) is 17.2 Å². The van der Waals surface area contributed by atoms with Crippen LogP contribution >= 0.6 is 0 Å². The number of anilines is 1. The molecule has 27 heavy (non-hydrogen) atoms. The van der Waals surface area contributed by atoms with E-state index < -0.39 is 5.97 Å². The van der Waals surface area contributed by atoms with Crippen LogP contribution in [0.3, 0.4) is 0 Å². The summed E-state index contributed by atoms with van der Waals surface area (Å²) in [7, 11) is 4.17. The maximum Gasteiger partial charge on any atom is 0.339 e. The molecule has 7 nitrogen and oxygen atoms in total. The summed E-state index contributed by atoms with van der Waals surface area (Å²) in [6.07, 6.45) is 7.07. The molecule has 0 saturated carbocycles. The van der Waals surface area contributed by atoms with Crippen molar-refractivity contribution in [1.29, 1.82) is 0 Å². The molecule has 0 radical (unpaired) electrons. The van der Waals surface area contributed by atoms with Crippen LogP contribution in [0, 0.1) is 6.92 Å². The van der Waals surface area contributed by atoms with Crippen molar-refractivity contribution in [2.24, 2.45) is 0 Å². The van der Waals surface area contributed by atoms with Crippen molar-refractivity contribution in [3.8, 4) is 0 Å². The Balaban J connectivity index is 1.77. The molecule has 7 heteroatoms. The van der Waals surface area contributed by atoms with Gasteiger partial charge >= 0.3 is 5.97 Å². The van der Waals surface area contributed by atoms with Gasteiger partial charge in [-0.05, 0) is 59.0 Å². The summed E-state index contributed by atoms with van der Waals surface area (Å²) < 4.78 is 2.25. The molecule has 0 unspecified atom stereocenters. The summed E-state index contributed by atoms with van der Waals surface area (Å²) >= 11 is 0. The standard InChI is InChI=1S/C20H29N5O2/c1-15-7-8-17(20(26)27)19(22-15)25-11-4-6-16(14-25)18-21-9-13-24(18)12-5-10-23(2)3/h7-9,13,16H,4-6,10-12,14H2,1-3H3,(H,26,27)/t16-/m0/s1. The van der Waals surface area contributed by atoms with E-state index in [1.165, 1.54) is 0 Å². The van der Waals surface area contributed by atoms with E-state index >= 15 is 0 Å². The Morgan fingerprint density at radius 3 is 2.93 bits per heavy atom. The minimum Gasteiger partial charge on any atom is -0.478 e. The van der Waals surface area contributed by atoms with Gasteiger partial charge in [-0.15, -0.1) is 0 Å².